The molecule has 24 heavy (non-hydrogen) atoms. The number of aliphatic imine (C=N–C) groups is 1. The first kappa shape index (κ1) is 17.8. The van der Waals surface area contributed by atoms with E-state index in [9.17, 15) is 13.2 Å². The van der Waals surface area contributed by atoms with Crippen LogP contribution in [0.4, 0.5) is 5.69 Å². The molecule has 2 aliphatic heterocycles. The Balaban J connectivity index is 1.98. The predicted octanol–water partition coefficient (Wildman–Crippen LogP) is 2.99. The van der Waals surface area contributed by atoms with Crippen molar-refractivity contribution < 1.29 is 13.2 Å². The number of amidine groups is 1. The molecule has 2 fully saturated rings. The second kappa shape index (κ2) is 6.69. The number of sulfone groups is 1. The van der Waals surface area contributed by atoms with Gasteiger partial charge in [-0.15, -0.1) is 0 Å². The Morgan fingerprint density at radius 3 is 2.67 bits per heavy atom. The average Bonchev–Trinajstić information content (AvgIpc) is 2.98. The summed E-state index contributed by atoms with van der Waals surface area (Å²) in [7, 11) is -3.06. The zero-order valence-corrected chi connectivity index (χ0v) is 15.9. The summed E-state index contributed by atoms with van der Waals surface area (Å²) < 4.78 is 24.0. The summed E-state index contributed by atoms with van der Waals surface area (Å²) in [5, 5.41) is 1.11. The van der Waals surface area contributed by atoms with Crippen LogP contribution in [-0.4, -0.2) is 42.3 Å². The fraction of sp³-hybridized carbons (Fsp3) is 0.500. The summed E-state index contributed by atoms with van der Waals surface area (Å²) >= 11 is 7.34. The molecule has 5 nitrogen and oxygen atoms in total. The van der Waals surface area contributed by atoms with Gasteiger partial charge in [0.1, 0.15) is 0 Å². The number of anilines is 1. The van der Waals surface area contributed by atoms with Crippen LogP contribution in [0.15, 0.2) is 29.3 Å². The van der Waals surface area contributed by atoms with Gasteiger partial charge in [0.25, 0.3) is 5.91 Å². The highest BCUT2D eigenvalue weighted by atomic mass is 35.5. The van der Waals surface area contributed by atoms with Gasteiger partial charge in [-0.25, -0.2) is 8.42 Å². The van der Waals surface area contributed by atoms with Gasteiger partial charge >= 0.3 is 0 Å². The molecule has 0 bridgehead atoms. The van der Waals surface area contributed by atoms with E-state index in [1.165, 1.54) is 11.8 Å². The number of halogens is 1. The average molecular weight is 387 g/mol. The van der Waals surface area contributed by atoms with Crippen LogP contribution in [0.3, 0.4) is 0 Å². The number of amides is 1. The Morgan fingerprint density at radius 2 is 2.04 bits per heavy atom. The lowest BCUT2D eigenvalue weighted by atomic mass is 10.1. The number of hydrogen-bond acceptors (Lipinski definition) is 4. The number of rotatable bonds is 3. The third kappa shape index (κ3) is 3.48. The van der Waals surface area contributed by atoms with Gasteiger partial charge in [-0.05, 0) is 30.7 Å². The Hall–Kier alpha value is -1.05. The topological polar surface area (TPSA) is 66.8 Å². The molecule has 0 radical (unpaired) electrons. The molecule has 0 spiro atoms. The van der Waals surface area contributed by atoms with Crippen molar-refractivity contribution in [1.82, 2.24) is 0 Å². The maximum absolute atomic E-state index is 12.2. The lowest BCUT2D eigenvalue weighted by Crippen LogP contribution is -2.37. The van der Waals surface area contributed by atoms with Crippen molar-refractivity contribution in [2.45, 2.75) is 31.6 Å². The van der Waals surface area contributed by atoms with E-state index in [1.54, 1.807) is 12.1 Å². The molecule has 0 unspecified atom stereocenters. The van der Waals surface area contributed by atoms with Gasteiger partial charge in [-0.2, -0.15) is 4.99 Å². The summed E-state index contributed by atoms with van der Waals surface area (Å²) in [6.07, 6.45) is 0.725. The first-order valence-corrected chi connectivity index (χ1v) is 10.9. The molecule has 0 N–H and O–H groups in total. The maximum atomic E-state index is 12.2. The summed E-state index contributed by atoms with van der Waals surface area (Å²) in [6, 6.07) is 6.99. The molecule has 3 rings (SSSR count). The van der Waals surface area contributed by atoms with E-state index in [1.807, 2.05) is 30.9 Å². The first-order chi connectivity index (χ1) is 11.3. The molecule has 2 aliphatic rings. The van der Waals surface area contributed by atoms with E-state index in [0.717, 1.165) is 12.1 Å². The van der Waals surface area contributed by atoms with Crippen molar-refractivity contribution in [2.75, 3.05) is 16.4 Å². The van der Waals surface area contributed by atoms with Crippen LogP contribution >= 0.6 is 23.4 Å². The fourth-order valence-electron chi connectivity index (χ4n) is 2.85. The van der Waals surface area contributed by atoms with E-state index in [2.05, 4.69) is 4.99 Å². The number of nitrogens with zero attached hydrogens (tertiary/aromatic N) is 2. The van der Waals surface area contributed by atoms with Crippen molar-refractivity contribution in [3.8, 4) is 0 Å². The molecule has 3 atom stereocenters. The third-order valence-electron chi connectivity index (χ3n) is 4.41. The molecule has 0 aromatic heterocycles. The number of carbonyl (C=O) groups is 1. The largest absolute Gasteiger partial charge is 0.316 e. The molecule has 0 saturated carbocycles. The number of fused-ring (bicyclic) bond motifs is 1. The molecule has 0 aliphatic carbocycles. The minimum Gasteiger partial charge on any atom is -0.316 e. The van der Waals surface area contributed by atoms with E-state index in [0.29, 0.717) is 10.2 Å². The van der Waals surface area contributed by atoms with Gasteiger partial charge in [0.05, 0.1) is 17.5 Å². The van der Waals surface area contributed by atoms with Crippen LogP contribution in [0.5, 0.6) is 0 Å². The highest BCUT2D eigenvalue weighted by Gasteiger charge is 2.49. The van der Waals surface area contributed by atoms with Crippen molar-refractivity contribution in [3.05, 3.63) is 29.3 Å². The standard InChI is InChI=1S/C16H19ClN2O3S2/c1-3-10(2)15(20)18-16-19(12-6-4-11(17)5-7-12)13-8-24(21,22)9-14(13)23-16/h4-7,10,13-14H,3,8-9H2,1-2H3/t10-,13-,14+/m1/s1. The predicted molar refractivity (Wildman–Crippen MR) is 99.6 cm³/mol. The molecule has 8 heteroatoms. The van der Waals surface area contributed by atoms with Gasteiger partial charge in [0, 0.05) is 21.9 Å². The van der Waals surface area contributed by atoms with Crippen LogP contribution < -0.4 is 4.90 Å². The van der Waals surface area contributed by atoms with Gasteiger partial charge in [0.2, 0.25) is 0 Å². The molecule has 1 aromatic carbocycles. The molecule has 2 heterocycles. The second-order valence-electron chi connectivity index (χ2n) is 6.19. The molecule has 1 aromatic rings. The Labute approximate surface area is 151 Å². The van der Waals surface area contributed by atoms with Gasteiger partial charge < -0.3 is 4.90 Å². The summed E-state index contributed by atoms with van der Waals surface area (Å²) in [5.74, 6) is -0.0941. The van der Waals surface area contributed by atoms with Crippen LogP contribution in [0.25, 0.3) is 0 Å². The summed E-state index contributed by atoms with van der Waals surface area (Å²) in [6.45, 7) is 3.80. The lowest BCUT2D eigenvalue weighted by Gasteiger charge is -2.24. The van der Waals surface area contributed by atoms with Crippen molar-refractivity contribution in [3.63, 3.8) is 0 Å². The molecule has 130 valence electrons. The second-order valence-corrected chi connectivity index (χ2v) is 9.99. The van der Waals surface area contributed by atoms with Crippen molar-refractivity contribution in [2.24, 2.45) is 10.9 Å². The van der Waals surface area contributed by atoms with Crippen molar-refractivity contribution in [1.29, 1.82) is 0 Å². The highest BCUT2D eigenvalue weighted by Crippen LogP contribution is 2.41. The molecular weight excluding hydrogens is 368 g/mol. The SMILES string of the molecule is CC[C@@H](C)C(=O)N=C1S[C@H]2CS(=O)(=O)C[C@H]2N1c1ccc(Cl)cc1. The Morgan fingerprint density at radius 1 is 1.38 bits per heavy atom. The van der Waals surface area contributed by atoms with E-state index < -0.39 is 9.84 Å². The molecular formula is C16H19ClN2O3S2. The van der Waals surface area contributed by atoms with E-state index in [-0.39, 0.29) is 34.6 Å². The van der Waals surface area contributed by atoms with Crippen LogP contribution in [0.2, 0.25) is 5.02 Å². The number of benzene rings is 1. The quantitative estimate of drug-likeness (QED) is 0.798. The zero-order chi connectivity index (χ0) is 17.5. The van der Waals surface area contributed by atoms with Gasteiger partial charge in [-0.1, -0.05) is 37.2 Å². The molecule has 2 saturated heterocycles. The number of hydrogen-bond donors (Lipinski definition) is 0. The van der Waals surface area contributed by atoms with Gasteiger partial charge in [0.15, 0.2) is 15.0 Å². The summed E-state index contributed by atoms with van der Waals surface area (Å²) in [4.78, 5) is 18.4. The fourth-order valence-corrected chi connectivity index (χ4v) is 6.89. The number of thioether (sulfide) groups is 1. The Bertz CT molecular complexity index is 777. The van der Waals surface area contributed by atoms with Gasteiger partial charge in [-0.3, -0.25) is 4.79 Å². The third-order valence-corrected chi connectivity index (χ3v) is 7.87. The monoisotopic (exact) mass is 386 g/mol. The smallest absolute Gasteiger partial charge is 0.250 e. The van der Waals surface area contributed by atoms with Crippen LogP contribution in [-0.2, 0) is 14.6 Å². The van der Waals surface area contributed by atoms with Crippen molar-refractivity contribution >= 4 is 50.0 Å². The van der Waals surface area contributed by atoms with Crippen LogP contribution in [0, 0.1) is 5.92 Å². The first-order valence-electron chi connectivity index (χ1n) is 7.85. The van der Waals surface area contributed by atoms with E-state index in [4.69, 9.17) is 11.6 Å². The maximum Gasteiger partial charge on any atom is 0.250 e. The van der Waals surface area contributed by atoms with Crippen LogP contribution in [0.1, 0.15) is 20.3 Å². The minimum atomic E-state index is -3.06. The van der Waals surface area contributed by atoms with E-state index >= 15 is 0 Å². The normalized spacial score (nSPS) is 28.1. The number of carbonyl (C=O) groups excluding carboxylic acids is 1. The lowest BCUT2D eigenvalue weighted by molar-refractivity contribution is -0.121. The Kier molecular flexibility index (Phi) is 4.95. The highest BCUT2D eigenvalue weighted by molar-refractivity contribution is 8.16. The molecule has 1 amide bonds. The minimum absolute atomic E-state index is 0.0871. The summed E-state index contributed by atoms with van der Waals surface area (Å²) in [5.41, 5.74) is 0.812. The zero-order valence-electron chi connectivity index (χ0n) is 13.5.